The zero-order valence-corrected chi connectivity index (χ0v) is 13.4. The second-order valence-corrected chi connectivity index (χ2v) is 4.90. The number of hydrogen-bond donors (Lipinski definition) is 0. The molecule has 0 saturated carbocycles. The Morgan fingerprint density at radius 1 is 1.21 bits per heavy atom. The number of carbonyl (C=O) groups excluding carboxylic acids is 2. The molecule has 5 nitrogen and oxygen atoms in total. The van der Waals surface area contributed by atoms with Crippen molar-refractivity contribution < 1.29 is 23.8 Å². The van der Waals surface area contributed by atoms with Gasteiger partial charge in [-0.05, 0) is 30.7 Å². The first-order valence-electron chi connectivity index (χ1n) is 7.33. The Labute approximate surface area is 140 Å². The van der Waals surface area contributed by atoms with Crippen molar-refractivity contribution in [2.75, 3.05) is 13.7 Å². The lowest BCUT2D eigenvalue weighted by atomic mass is 10.1. The van der Waals surface area contributed by atoms with Gasteiger partial charge in [-0.15, -0.1) is 6.58 Å². The number of carbonyl (C=O) groups is 2. The second-order valence-electron chi connectivity index (χ2n) is 4.90. The lowest BCUT2D eigenvalue weighted by Crippen LogP contribution is -2.19. The molecule has 0 unspecified atom stereocenters. The minimum Gasteiger partial charge on any atom is -0.493 e. The Morgan fingerprint density at radius 2 is 1.96 bits per heavy atom. The quantitative estimate of drug-likeness (QED) is 0.323. The average molecular weight is 326 g/mol. The molecule has 0 bridgehead atoms. The second kappa shape index (κ2) is 8.53. The molecule has 0 amide bonds. The van der Waals surface area contributed by atoms with Gasteiger partial charge >= 0.3 is 5.97 Å². The number of benzene rings is 2. The number of para-hydroxylation sites is 1. The third kappa shape index (κ3) is 4.46. The number of allylic oxidation sites excluding steroid dienone is 1. The third-order valence-corrected chi connectivity index (χ3v) is 3.19. The van der Waals surface area contributed by atoms with E-state index in [-0.39, 0.29) is 12.4 Å². The van der Waals surface area contributed by atoms with E-state index in [9.17, 15) is 9.59 Å². The van der Waals surface area contributed by atoms with Gasteiger partial charge in [-0.3, -0.25) is 4.79 Å². The fourth-order valence-electron chi connectivity index (χ4n) is 2.13. The minimum atomic E-state index is -0.568. The minimum absolute atomic E-state index is 0.240. The van der Waals surface area contributed by atoms with Crippen molar-refractivity contribution in [3.63, 3.8) is 0 Å². The maximum Gasteiger partial charge on any atom is 0.349 e. The molecule has 2 rings (SSSR count). The van der Waals surface area contributed by atoms with Gasteiger partial charge in [0.05, 0.1) is 7.11 Å². The molecule has 0 N–H and O–H groups in total. The first-order chi connectivity index (χ1) is 11.7. The standard InChI is InChI=1S/C19H18O5/c1-3-7-15-10-14(12-20)11-17(22-2)19(15)24-18(21)13-23-16-8-5-4-6-9-16/h3-6,8-12H,1,7,13H2,2H3. The fraction of sp³-hybridized carbons (Fsp3) is 0.158. The molecule has 0 fully saturated rings. The molecule has 5 heteroatoms. The average Bonchev–Trinajstić information content (AvgIpc) is 2.62. The summed E-state index contributed by atoms with van der Waals surface area (Å²) in [6.07, 6.45) is 2.79. The summed E-state index contributed by atoms with van der Waals surface area (Å²) in [5.41, 5.74) is 1.07. The highest BCUT2D eigenvalue weighted by Gasteiger charge is 2.16. The zero-order chi connectivity index (χ0) is 17.4. The molecule has 2 aromatic rings. The molecule has 124 valence electrons. The van der Waals surface area contributed by atoms with E-state index in [2.05, 4.69) is 6.58 Å². The van der Waals surface area contributed by atoms with E-state index in [4.69, 9.17) is 14.2 Å². The highest BCUT2D eigenvalue weighted by atomic mass is 16.6. The molecule has 2 aromatic carbocycles. The van der Waals surface area contributed by atoms with Crippen LogP contribution in [0.5, 0.6) is 17.2 Å². The van der Waals surface area contributed by atoms with Gasteiger partial charge in [-0.1, -0.05) is 24.3 Å². The Hall–Kier alpha value is -3.08. The van der Waals surface area contributed by atoms with Gasteiger partial charge in [0.15, 0.2) is 18.1 Å². The molecule has 0 saturated heterocycles. The maximum atomic E-state index is 12.1. The number of methoxy groups -OCH3 is 1. The first-order valence-corrected chi connectivity index (χ1v) is 7.33. The maximum absolute atomic E-state index is 12.1. The van der Waals surface area contributed by atoms with Crippen molar-refractivity contribution in [3.8, 4) is 17.2 Å². The van der Waals surface area contributed by atoms with Crippen LogP contribution in [0.25, 0.3) is 0 Å². The molecule has 0 heterocycles. The smallest absolute Gasteiger partial charge is 0.349 e. The summed E-state index contributed by atoms with van der Waals surface area (Å²) in [7, 11) is 1.44. The summed E-state index contributed by atoms with van der Waals surface area (Å²) in [4.78, 5) is 23.1. The van der Waals surface area contributed by atoms with Crippen LogP contribution in [-0.4, -0.2) is 26.0 Å². The molecule has 24 heavy (non-hydrogen) atoms. The topological polar surface area (TPSA) is 61.8 Å². The van der Waals surface area contributed by atoms with Crippen molar-refractivity contribution in [1.29, 1.82) is 0 Å². The van der Waals surface area contributed by atoms with Crippen LogP contribution < -0.4 is 14.2 Å². The number of aldehydes is 1. The van der Waals surface area contributed by atoms with Crippen LogP contribution in [0, 0.1) is 0 Å². The summed E-state index contributed by atoms with van der Waals surface area (Å²) in [5.74, 6) is 0.583. The van der Waals surface area contributed by atoms with Crippen LogP contribution in [-0.2, 0) is 11.2 Å². The Balaban J connectivity index is 2.16. The van der Waals surface area contributed by atoms with E-state index in [1.165, 1.54) is 13.2 Å². The van der Waals surface area contributed by atoms with E-state index in [1.807, 2.05) is 18.2 Å². The molecule has 0 aliphatic carbocycles. The van der Waals surface area contributed by atoms with Gasteiger partial charge < -0.3 is 14.2 Å². The van der Waals surface area contributed by atoms with Crippen molar-refractivity contribution in [3.05, 3.63) is 66.2 Å². The fourth-order valence-corrected chi connectivity index (χ4v) is 2.13. The lowest BCUT2D eigenvalue weighted by molar-refractivity contribution is -0.136. The number of rotatable bonds is 8. The van der Waals surface area contributed by atoms with Gasteiger partial charge in [0.1, 0.15) is 12.0 Å². The number of ether oxygens (including phenoxy) is 3. The van der Waals surface area contributed by atoms with Crippen LogP contribution in [0.15, 0.2) is 55.1 Å². The molecular formula is C19H18O5. The third-order valence-electron chi connectivity index (χ3n) is 3.19. The summed E-state index contributed by atoms with van der Waals surface area (Å²) >= 11 is 0. The summed E-state index contributed by atoms with van der Waals surface area (Å²) in [6.45, 7) is 3.43. The zero-order valence-electron chi connectivity index (χ0n) is 13.4. The van der Waals surface area contributed by atoms with Gasteiger partial charge in [-0.2, -0.15) is 0 Å². The van der Waals surface area contributed by atoms with E-state index in [0.717, 1.165) is 0 Å². The van der Waals surface area contributed by atoms with Crippen LogP contribution in [0.3, 0.4) is 0 Å². The van der Waals surface area contributed by atoms with Crippen LogP contribution >= 0.6 is 0 Å². The highest BCUT2D eigenvalue weighted by Crippen LogP contribution is 2.33. The van der Waals surface area contributed by atoms with Gasteiger partial charge in [0.25, 0.3) is 0 Å². The first kappa shape index (κ1) is 17.3. The molecule has 0 spiro atoms. The van der Waals surface area contributed by atoms with Crippen LogP contribution in [0.1, 0.15) is 15.9 Å². The van der Waals surface area contributed by atoms with Crippen molar-refractivity contribution in [1.82, 2.24) is 0 Å². The Morgan fingerprint density at radius 3 is 2.58 bits per heavy atom. The van der Waals surface area contributed by atoms with Gasteiger partial charge in [-0.25, -0.2) is 4.79 Å². The predicted molar refractivity (Wildman–Crippen MR) is 89.9 cm³/mol. The monoisotopic (exact) mass is 326 g/mol. The largest absolute Gasteiger partial charge is 0.493 e. The van der Waals surface area contributed by atoms with Crippen molar-refractivity contribution in [2.24, 2.45) is 0 Å². The molecule has 0 aliphatic heterocycles. The summed E-state index contributed by atoms with van der Waals surface area (Å²) < 4.78 is 16.0. The highest BCUT2D eigenvalue weighted by molar-refractivity contribution is 5.80. The Kier molecular flexibility index (Phi) is 6.14. The van der Waals surface area contributed by atoms with E-state index >= 15 is 0 Å². The van der Waals surface area contributed by atoms with Gasteiger partial charge in [0.2, 0.25) is 0 Å². The van der Waals surface area contributed by atoms with Crippen molar-refractivity contribution in [2.45, 2.75) is 6.42 Å². The Bertz CT molecular complexity index is 722. The molecular weight excluding hydrogens is 308 g/mol. The van der Waals surface area contributed by atoms with Crippen LogP contribution in [0.2, 0.25) is 0 Å². The molecule has 0 radical (unpaired) electrons. The normalized spacial score (nSPS) is 9.88. The lowest BCUT2D eigenvalue weighted by Gasteiger charge is -2.14. The van der Waals surface area contributed by atoms with E-state index < -0.39 is 5.97 Å². The molecule has 0 aliphatic rings. The number of hydrogen-bond acceptors (Lipinski definition) is 5. The van der Waals surface area contributed by atoms with E-state index in [0.29, 0.717) is 35.3 Å². The molecule has 0 aromatic heterocycles. The van der Waals surface area contributed by atoms with E-state index in [1.54, 1.807) is 24.3 Å². The SMILES string of the molecule is C=CCc1cc(C=O)cc(OC)c1OC(=O)COc1ccccc1. The summed E-state index contributed by atoms with van der Waals surface area (Å²) in [5, 5.41) is 0. The van der Waals surface area contributed by atoms with Crippen molar-refractivity contribution >= 4 is 12.3 Å². The van der Waals surface area contributed by atoms with Crippen LogP contribution in [0.4, 0.5) is 0 Å². The predicted octanol–water partition coefficient (Wildman–Crippen LogP) is 3.22. The molecule has 0 atom stereocenters. The van der Waals surface area contributed by atoms with Gasteiger partial charge in [0, 0.05) is 11.1 Å². The number of esters is 1. The summed E-state index contributed by atoms with van der Waals surface area (Å²) in [6, 6.07) is 12.1.